The fraction of sp³-hybridized carbons (Fsp3) is 0.462. The number of tetrazole rings is 1. The largest absolute Gasteiger partial charge is 0.485 e. The Labute approximate surface area is 122 Å². The van der Waals surface area contributed by atoms with Gasteiger partial charge in [-0.25, -0.2) is 4.39 Å². The quantitative estimate of drug-likeness (QED) is 0.721. The van der Waals surface area contributed by atoms with Gasteiger partial charge in [0.25, 0.3) is 0 Å². The predicted molar refractivity (Wildman–Crippen MR) is 73.1 cm³/mol. The number of rotatable bonds is 8. The van der Waals surface area contributed by atoms with Crippen LogP contribution in [0.5, 0.6) is 5.75 Å². The van der Waals surface area contributed by atoms with Gasteiger partial charge < -0.3 is 14.8 Å². The van der Waals surface area contributed by atoms with E-state index in [9.17, 15) is 4.39 Å². The lowest BCUT2D eigenvalue weighted by Gasteiger charge is -2.08. The van der Waals surface area contributed by atoms with Crippen molar-refractivity contribution in [3.63, 3.8) is 0 Å². The maximum Gasteiger partial charge on any atom is 0.212 e. The summed E-state index contributed by atoms with van der Waals surface area (Å²) in [5.74, 6) is 0.538. The minimum Gasteiger partial charge on any atom is -0.485 e. The van der Waals surface area contributed by atoms with Crippen molar-refractivity contribution in [2.24, 2.45) is 7.05 Å². The van der Waals surface area contributed by atoms with E-state index in [0.717, 1.165) is 5.56 Å². The highest BCUT2D eigenvalue weighted by Crippen LogP contribution is 2.17. The van der Waals surface area contributed by atoms with Crippen molar-refractivity contribution in [1.82, 2.24) is 25.5 Å². The fourth-order valence-corrected chi connectivity index (χ4v) is 1.74. The van der Waals surface area contributed by atoms with Crippen LogP contribution in [0.2, 0.25) is 0 Å². The van der Waals surface area contributed by atoms with Gasteiger partial charge in [0.1, 0.15) is 11.6 Å². The number of aromatic nitrogens is 4. The van der Waals surface area contributed by atoms with Crippen molar-refractivity contribution in [1.29, 1.82) is 0 Å². The van der Waals surface area contributed by atoms with Gasteiger partial charge in [-0.05, 0) is 22.9 Å². The first-order valence-corrected chi connectivity index (χ1v) is 6.52. The fourth-order valence-electron chi connectivity index (χ4n) is 1.74. The first-order chi connectivity index (χ1) is 10.2. The van der Waals surface area contributed by atoms with Crippen LogP contribution < -0.4 is 10.1 Å². The molecule has 1 aromatic heterocycles. The summed E-state index contributed by atoms with van der Waals surface area (Å²) in [5.41, 5.74) is 0.799. The van der Waals surface area contributed by atoms with Crippen LogP contribution in [0.15, 0.2) is 18.2 Å². The van der Waals surface area contributed by atoms with Crippen molar-refractivity contribution < 1.29 is 13.9 Å². The summed E-state index contributed by atoms with van der Waals surface area (Å²) >= 11 is 0. The third kappa shape index (κ3) is 5.09. The van der Waals surface area contributed by atoms with Crippen LogP contribution >= 0.6 is 0 Å². The van der Waals surface area contributed by atoms with Gasteiger partial charge in [0.2, 0.25) is 5.82 Å². The van der Waals surface area contributed by atoms with Gasteiger partial charge in [-0.15, -0.1) is 10.2 Å². The molecule has 0 aliphatic carbocycles. The topological polar surface area (TPSA) is 74.1 Å². The summed E-state index contributed by atoms with van der Waals surface area (Å²) in [6.07, 6.45) is 0. The zero-order chi connectivity index (χ0) is 15.1. The van der Waals surface area contributed by atoms with Gasteiger partial charge in [-0.3, -0.25) is 0 Å². The second-order valence-electron chi connectivity index (χ2n) is 4.45. The molecule has 0 bridgehead atoms. The van der Waals surface area contributed by atoms with Crippen LogP contribution in [0, 0.1) is 5.82 Å². The summed E-state index contributed by atoms with van der Waals surface area (Å²) in [4.78, 5) is 1.34. The molecule has 1 N–H and O–H groups in total. The van der Waals surface area contributed by atoms with E-state index in [2.05, 4.69) is 20.7 Å². The van der Waals surface area contributed by atoms with Gasteiger partial charge in [-0.1, -0.05) is 0 Å². The maximum absolute atomic E-state index is 13.6. The van der Waals surface area contributed by atoms with Crippen LogP contribution in [0.1, 0.15) is 11.4 Å². The minimum atomic E-state index is -0.344. The van der Waals surface area contributed by atoms with Crippen LogP contribution in [-0.4, -0.2) is 40.5 Å². The molecule has 2 aromatic rings. The molecule has 0 saturated carbocycles. The molecule has 2 rings (SSSR count). The Bertz CT molecular complexity index is 575. The Morgan fingerprint density at radius 2 is 2.19 bits per heavy atom. The average Bonchev–Trinajstić information content (AvgIpc) is 2.87. The van der Waals surface area contributed by atoms with Crippen molar-refractivity contribution in [3.8, 4) is 5.75 Å². The molecular formula is C13H18FN5O2. The van der Waals surface area contributed by atoms with E-state index in [1.807, 2.05) is 0 Å². The normalized spacial score (nSPS) is 10.8. The summed E-state index contributed by atoms with van der Waals surface area (Å²) in [7, 11) is 3.30. The Kier molecular flexibility index (Phi) is 5.59. The van der Waals surface area contributed by atoms with Gasteiger partial charge in [0.15, 0.2) is 6.61 Å². The smallest absolute Gasteiger partial charge is 0.212 e. The van der Waals surface area contributed by atoms with Crippen LogP contribution in [0.4, 0.5) is 4.39 Å². The molecule has 0 saturated heterocycles. The average molecular weight is 295 g/mol. The summed E-state index contributed by atoms with van der Waals surface area (Å²) < 4.78 is 24.0. The number of hydrogen-bond acceptors (Lipinski definition) is 6. The third-order valence-corrected chi connectivity index (χ3v) is 2.66. The molecule has 114 valence electrons. The third-order valence-electron chi connectivity index (χ3n) is 2.66. The molecule has 0 fully saturated rings. The SMILES string of the molecule is COCCNCc1cc(F)cc(OCc2nnn(C)n2)c1. The Morgan fingerprint density at radius 3 is 2.90 bits per heavy atom. The van der Waals surface area contributed by atoms with E-state index in [0.29, 0.717) is 31.3 Å². The summed E-state index contributed by atoms with van der Waals surface area (Å²) in [6.45, 7) is 2.00. The van der Waals surface area contributed by atoms with E-state index in [4.69, 9.17) is 9.47 Å². The second-order valence-corrected chi connectivity index (χ2v) is 4.45. The molecule has 1 aromatic carbocycles. The van der Waals surface area contributed by atoms with Crippen molar-refractivity contribution in [3.05, 3.63) is 35.4 Å². The Hall–Kier alpha value is -2.06. The summed E-state index contributed by atoms with van der Waals surface area (Å²) in [6, 6.07) is 4.57. The monoisotopic (exact) mass is 295 g/mol. The lowest BCUT2D eigenvalue weighted by molar-refractivity contribution is 0.199. The number of halogens is 1. The molecule has 0 atom stereocenters. The molecule has 1 heterocycles. The number of methoxy groups -OCH3 is 1. The van der Waals surface area contributed by atoms with Crippen molar-refractivity contribution in [2.75, 3.05) is 20.3 Å². The number of nitrogens with zero attached hydrogens (tertiary/aromatic N) is 4. The predicted octanol–water partition coefficient (Wildman–Crippen LogP) is 0.664. The van der Waals surface area contributed by atoms with E-state index in [-0.39, 0.29) is 12.4 Å². The van der Waals surface area contributed by atoms with Gasteiger partial charge in [-0.2, -0.15) is 4.80 Å². The lowest BCUT2D eigenvalue weighted by atomic mass is 10.2. The zero-order valence-electron chi connectivity index (χ0n) is 12.0. The number of ether oxygens (including phenoxy) is 2. The molecular weight excluding hydrogens is 277 g/mol. The number of hydrogen-bond donors (Lipinski definition) is 1. The molecule has 0 aliphatic rings. The molecule has 0 radical (unpaired) electrons. The maximum atomic E-state index is 13.6. The number of aryl methyl sites for hydroxylation is 1. The van der Waals surface area contributed by atoms with E-state index in [1.165, 1.54) is 16.9 Å². The van der Waals surface area contributed by atoms with Gasteiger partial charge >= 0.3 is 0 Å². The van der Waals surface area contributed by atoms with E-state index in [1.54, 1.807) is 20.2 Å². The molecule has 8 heteroatoms. The first-order valence-electron chi connectivity index (χ1n) is 6.52. The van der Waals surface area contributed by atoms with E-state index >= 15 is 0 Å². The Balaban J connectivity index is 1.91. The molecule has 0 amide bonds. The van der Waals surface area contributed by atoms with Gasteiger partial charge in [0.05, 0.1) is 13.7 Å². The lowest BCUT2D eigenvalue weighted by Crippen LogP contribution is -2.18. The van der Waals surface area contributed by atoms with Crippen molar-refractivity contribution in [2.45, 2.75) is 13.2 Å². The van der Waals surface area contributed by atoms with Crippen LogP contribution in [0.3, 0.4) is 0 Å². The highest BCUT2D eigenvalue weighted by Gasteiger charge is 2.05. The van der Waals surface area contributed by atoms with E-state index < -0.39 is 0 Å². The standard InChI is InChI=1S/C13H18FN5O2/c1-19-17-13(16-18-19)9-21-12-6-10(5-11(14)7-12)8-15-3-4-20-2/h5-7,15H,3-4,8-9H2,1-2H3. The second kappa shape index (κ2) is 7.65. The van der Waals surface area contributed by atoms with Crippen LogP contribution in [-0.2, 0) is 24.9 Å². The summed E-state index contributed by atoms with van der Waals surface area (Å²) in [5, 5.41) is 14.6. The minimum absolute atomic E-state index is 0.147. The number of benzene rings is 1. The molecule has 7 nitrogen and oxygen atoms in total. The van der Waals surface area contributed by atoms with Gasteiger partial charge in [0, 0.05) is 26.3 Å². The molecule has 0 aliphatic heterocycles. The molecule has 0 unspecified atom stereocenters. The Morgan fingerprint density at radius 1 is 1.33 bits per heavy atom. The first kappa shape index (κ1) is 15.3. The molecule has 0 spiro atoms. The zero-order valence-corrected chi connectivity index (χ0v) is 12.0. The van der Waals surface area contributed by atoms with Crippen LogP contribution in [0.25, 0.3) is 0 Å². The highest BCUT2D eigenvalue weighted by atomic mass is 19.1. The number of nitrogens with one attached hydrogen (secondary N) is 1. The molecule has 21 heavy (non-hydrogen) atoms. The highest BCUT2D eigenvalue weighted by molar-refractivity contribution is 5.29. The van der Waals surface area contributed by atoms with Crippen molar-refractivity contribution >= 4 is 0 Å².